The van der Waals surface area contributed by atoms with Gasteiger partial charge in [0.2, 0.25) is 0 Å². The number of benzene rings is 1. The van der Waals surface area contributed by atoms with Gasteiger partial charge in [-0.15, -0.1) is 0 Å². The Morgan fingerprint density at radius 2 is 2.19 bits per heavy atom. The number of carboxylic acids is 1. The Morgan fingerprint density at radius 3 is 2.81 bits per heavy atom. The maximum atomic E-state index is 11.5. The largest absolute Gasteiger partial charge is 1.00 e. The quantitative estimate of drug-likeness (QED) is 0.546. The standard InChI is InChI=1S/C18H24N4O3.Li/c1-25-12-8-13(18(23)24)17-14(20-21-15(17)9-12)2-5-19-16-10-22-6-3-11(16)4-7-22;/h8-9,11,16,19H,2-7,10H2,1H3,(H,20,21)(H,23,24);/q;+1/p-1/t16-;/m1./s1. The molecule has 26 heavy (non-hydrogen) atoms. The molecule has 1 aromatic heterocycles. The van der Waals surface area contributed by atoms with Crippen molar-refractivity contribution in [2.75, 3.05) is 33.3 Å². The van der Waals surface area contributed by atoms with E-state index in [4.69, 9.17) is 4.74 Å². The number of nitrogens with zero attached hydrogens (tertiary/aromatic N) is 2. The van der Waals surface area contributed by atoms with Crippen LogP contribution in [-0.4, -0.2) is 60.4 Å². The van der Waals surface area contributed by atoms with Gasteiger partial charge in [-0.25, -0.2) is 0 Å². The molecule has 7 nitrogen and oxygen atoms in total. The van der Waals surface area contributed by atoms with Crippen LogP contribution in [0.5, 0.6) is 5.75 Å². The smallest absolute Gasteiger partial charge is 0.545 e. The number of hydrogen-bond acceptors (Lipinski definition) is 6. The summed E-state index contributed by atoms with van der Waals surface area (Å²) in [5, 5.41) is 23.0. The molecule has 0 spiro atoms. The minimum atomic E-state index is -1.21. The van der Waals surface area contributed by atoms with Gasteiger partial charge in [0.25, 0.3) is 0 Å². The number of ether oxygens (including phenoxy) is 1. The van der Waals surface area contributed by atoms with Gasteiger partial charge in [-0.3, -0.25) is 5.10 Å². The maximum absolute atomic E-state index is 11.5. The number of nitrogens with one attached hydrogen (secondary N) is 2. The fourth-order valence-electron chi connectivity index (χ4n) is 4.23. The molecular weight excluding hydrogens is 327 g/mol. The van der Waals surface area contributed by atoms with Crippen LogP contribution in [0.15, 0.2) is 12.1 Å². The summed E-state index contributed by atoms with van der Waals surface area (Å²) in [6.45, 7) is 4.36. The Labute approximate surface area is 164 Å². The molecule has 0 radical (unpaired) electrons. The first-order valence-corrected chi connectivity index (χ1v) is 8.88. The molecule has 8 heteroatoms. The number of methoxy groups -OCH3 is 1. The van der Waals surface area contributed by atoms with E-state index >= 15 is 0 Å². The Morgan fingerprint density at radius 1 is 1.42 bits per heavy atom. The van der Waals surface area contributed by atoms with Crippen LogP contribution in [-0.2, 0) is 6.42 Å². The van der Waals surface area contributed by atoms with Crippen molar-refractivity contribution < 1.29 is 33.5 Å². The third-order valence-electron chi connectivity index (χ3n) is 5.59. The van der Waals surface area contributed by atoms with Crippen molar-refractivity contribution in [3.05, 3.63) is 23.4 Å². The van der Waals surface area contributed by atoms with E-state index in [2.05, 4.69) is 20.4 Å². The Kier molecular flexibility index (Phi) is 5.93. The molecule has 1 atom stereocenters. The SMILES string of the molecule is COc1cc(C(=O)[O-])c2c(CCN[C@@H]3CN4CCC3CC4)n[nH]c2c1.[Li+]. The Hall–Kier alpha value is -1.52. The second-order valence-corrected chi connectivity index (χ2v) is 7.00. The van der Waals surface area contributed by atoms with E-state index in [9.17, 15) is 9.90 Å². The molecule has 1 aromatic carbocycles. The first kappa shape index (κ1) is 19.2. The van der Waals surface area contributed by atoms with E-state index in [0.717, 1.165) is 24.7 Å². The van der Waals surface area contributed by atoms with Crippen molar-refractivity contribution >= 4 is 16.9 Å². The molecule has 134 valence electrons. The number of H-pyrrole nitrogens is 1. The summed E-state index contributed by atoms with van der Waals surface area (Å²) < 4.78 is 5.16. The van der Waals surface area contributed by atoms with Gasteiger partial charge in [-0.2, -0.15) is 5.10 Å². The van der Waals surface area contributed by atoms with Gasteiger partial charge in [0, 0.05) is 42.6 Å². The molecule has 2 aromatic rings. The third kappa shape index (κ3) is 3.63. The zero-order valence-corrected chi connectivity index (χ0v) is 15.4. The minimum absolute atomic E-state index is 0. The van der Waals surface area contributed by atoms with E-state index < -0.39 is 5.97 Å². The van der Waals surface area contributed by atoms with Gasteiger partial charge < -0.3 is 24.9 Å². The molecule has 0 unspecified atom stereocenters. The molecule has 5 rings (SSSR count). The zero-order chi connectivity index (χ0) is 17.4. The summed E-state index contributed by atoms with van der Waals surface area (Å²) in [6.07, 6.45) is 3.23. The Bertz CT molecular complexity index is 786. The first-order chi connectivity index (χ1) is 12.2. The molecular formula is C18H23LiN4O3. The number of fused-ring (bicyclic) bond motifs is 4. The number of aromatic carboxylic acids is 1. The van der Waals surface area contributed by atoms with Crippen LogP contribution < -0.4 is 34.0 Å². The number of piperidine rings is 3. The molecule has 2 N–H and O–H groups in total. The van der Waals surface area contributed by atoms with Crippen LogP contribution in [0.3, 0.4) is 0 Å². The second kappa shape index (κ2) is 8.01. The summed E-state index contributed by atoms with van der Waals surface area (Å²) in [4.78, 5) is 14.0. The fourth-order valence-corrected chi connectivity index (χ4v) is 4.23. The van der Waals surface area contributed by atoms with Gasteiger partial charge >= 0.3 is 18.9 Å². The molecule has 0 saturated carbocycles. The third-order valence-corrected chi connectivity index (χ3v) is 5.59. The molecule has 0 aliphatic carbocycles. The summed E-state index contributed by atoms with van der Waals surface area (Å²) >= 11 is 0. The van der Waals surface area contributed by atoms with Gasteiger partial charge in [-0.1, -0.05) is 0 Å². The number of carboxylic acid groups (broad SMARTS) is 1. The van der Waals surface area contributed by atoms with Crippen LogP contribution in [0.2, 0.25) is 0 Å². The fraction of sp³-hybridized carbons (Fsp3) is 0.556. The second-order valence-electron chi connectivity index (χ2n) is 7.00. The minimum Gasteiger partial charge on any atom is -0.545 e. The van der Waals surface area contributed by atoms with Crippen LogP contribution in [0.1, 0.15) is 28.9 Å². The summed E-state index contributed by atoms with van der Waals surface area (Å²) in [5.74, 6) is 0.0353. The van der Waals surface area contributed by atoms with Crippen molar-refractivity contribution in [1.29, 1.82) is 0 Å². The van der Waals surface area contributed by atoms with Crippen molar-refractivity contribution in [1.82, 2.24) is 20.4 Å². The van der Waals surface area contributed by atoms with Crippen LogP contribution in [0.4, 0.5) is 0 Å². The van der Waals surface area contributed by atoms with Crippen LogP contribution in [0.25, 0.3) is 10.9 Å². The first-order valence-electron chi connectivity index (χ1n) is 8.88. The van der Waals surface area contributed by atoms with E-state index in [-0.39, 0.29) is 24.4 Å². The summed E-state index contributed by atoms with van der Waals surface area (Å²) in [5.41, 5.74) is 1.54. The van der Waals surface area contributed by atoms with Crippen molar-refractivity contribution in [3.63, 3.8) is 0 Å². The van der Waals surface area contributed by atoms with Gasteiger partial charge in [-0.05, 0) is 37.9 Å². The molecule has 3 fully saturated rings. The predicted molar refractivity (Wildman–Crippen MR) is 91.6 cm³/mol. The van der Waals surface area contributed by atoms with Gasteiger partial charge in [0.15, 0.2) is 0 Å². The molecule has 3 aliphatic rings. The zero-order valence-electron chi connectivity index (χ0n) is 15.4. The Balaban J connectivity index is 0.00000196. The van der Waals surface area contributed by atoms with E-state index in [1.54, 1.807) is 6.07 Å². The molecule has 3 aliphatic heterocycles. The number of aromatic amines is 1. The predicted octanol–water partition coefficient (Wildman–Crippen LogP) is -2.83. The topological polar surface area (TPSA) is 93.3 Å². The van der Waals surface area contributed by atoms with Crippen molar-refractivity contribution in [2.24, 2.45) is 5.92 Å². The number of aromatic nitrogens is 2. The molecule has 4 heterocycles. The van der Waals surface area contributed by atoms with E-state index in [1.807, 2.05) is 0 Å². The van der Waals surface area contributed by atoms with Gasteiger partial charge in [0.1, 0.15) is 5.75 Å². The van der Waals surface area contributed by atoms with Crippen molar-refractivity contribution in [2.45, 2.75) is 25.3 Å². The number of hydrogen-bond donors (Lipinski definition) is 2. The molecule has 0 amide bonds. The average molecular weight is 350 g/mol. The normalized spacial score (nSPS) is 24.4. The van der Waals surface area contributed by atoms with E-state index in [1.165, 1.54) is 39.1 Å². The summed E-state index contributed by atoms with van der Waals surface area (Å²) in [6, 6.07) is 3.80. The van der Waals surface area contributed by atoms with Crippen LogP contribution in [0, 0.1) is 5.92 Å². The summed E-state index contributed by atoms with van der Waals surface area (Å²) in [7, 11) is 1.51. The monoisotopic (exact) mass is 350 g/mol. The van der Waals surface area contributed by atoms with Crippen molar-refractivity contribution in [3.8, 4) is 5.75 Å². The van der Waals surface area contributed by atoms with E-state index in [0.29, 0.717) is 29.1 Å². The number of carbonyl (C=O) groups excluding carboxylic acids is 1. The average Bonchev–Trinajstić information content (AvgIpc) is 3.05. The molecule has 2 bridgehead atoms. The number of carbonyl (C=O) groups is 1. The van der Waals surface area contributed by atoms with Gasteiger partial charge in [0.05, 0.1) is 24.3 Å². The maximum Gasteiger partial charge on any atom is 1.00 e. The van der Waals surface area contributed by atoms with Crippen LogP contribution >= 0.6 is 0 Å². The molecule has 3 saturated heterocycles. The number of rotatable bonds is 6.